The highest BCUT2D eigenvalue weighted by molar-refractivity contribution is 7.85. The maximum atomic E-state index is 10.7. The molecule has 0 saturated heterocycles. The van der Waals surface area contributed by atoms with Gasteiger partial charge in [0.25, 0.3) is 10.1 Å². The molecule has 0 aromatic heterocycles. The van der Waals surface area contributed by atoms with Crippen molar-refractivity contribution in [1.29, 1.82) is 0 Å². The van der Waals surface area contributed by atoms with E-state index in [0.29, 0.717) is 25.6 Å². The summed E-state index contributed by atoms with van der Waals surface area (Å²) in [7, 11) is -8.14. The van der Waals surface area contributed by atoms with E-state index in [1.54, 1.807) is 0 Å². The SMILES string of the molecule is CCCCC(CC)COCC(O)CN(CCNCC(O)COCCCS(=O)(=O)O)CC(O)COCCC[Si](O)(O)O. The average molecular weight is 637 g/mol. The molecule has 41 heavy (non-hydrogen) atoms. The Hall–Kier alpha value is -0.313. The van der Waals surface area contributed by atoms with Gasteiger partial charge in [-0.3, -0.25) is 9.45 Å². The number of ether oxygens (including phenoxy) is 3. The minimum Gasteiger partial charge on any atom is -0.390 e. The van der Waals surface area contributed by atoms with Crippen LogP contribution in [-0.4, -0.2) is 153 Å². The van der Waals surface area contributed by atoms with Crippen molar-refractivity contribution in [3.05, 3.63) is 0 Å². The second kappa shape index (κ2) is 24.1. The third kappa shape index (κ3) is 28.2. The summed E-state index contributed by atoms with van der Waals surface area (Å²) in [4.78, 5) is 29.0. The molecule has 248 valence electrons. The Labute approximate surface area is 246 Å². The zero-order chi connectivity index (χ0) is 31.2. The first-order chi connectivity index (χ1) is 19.3. The van der Waals surface area contributed by atoms with Crippen LogP contribution >= 0.6 is 0 Å². The fraction of sp³-hybridized carbons (Fsp3) is 1.00. The van der Waals surface area contributed by atoms with Crippen molar-refractivity contribution in [3.63, 3.8) is 0 Å². The fourth-order valence-corrected chi connectivity index (χ4v) is 5.09. The van der Waals surface area contributed by atoms with Gasteiger partial charge in [-0.15, -0.1) is 0 Å². The third-order valence-corrected chi connectivity index (χ3v) is 8.07. The second-order valence-electron chi connectivity index (χ2n) is 10.5. The maximum Gasteiger partial charge on any atom is 0.492 e. The van der Waals surface area contributed by atoms with Crippen molar-refractivity contribution in [3.8, 4) is 0 Å². The molecule has 0 aromatic rings. The highest BCUT2D eigenvalue weighted by Crippen LogP contribution is 2.13. The highest BCUT2D eigenvalue weighted by Gasteiger charge is 2.25. The van der Waals surface area contributed by atoms with Crippen molar-refractivity contribution < 1.29 is 56.9 Å². The number of hydrogen-bond donors (Lipinski definition) is 8. The Bertz CT molecular complexity index is 717. The summed E-state index contributed by atoms with van der Waals surface area (Å²) in [5, 5.41) is 34.1. The van der Waals surface area contributed by atoms with Gasteiger partial charge in [0, 0.05) is 58.6 Å². The fourth-order valence-electron chi connectivity index (χ4n) is 3.99. The van der Waals surface area contributed by atoms with Gasteiger partial charge in [0.1, 0.15) is 0 Å². The summed E-state index contributed by atoms with van der Waals surface area (Å²) >= 11 is 0. The molecular formula is C25H56N2O12SSi. The van der Waals surface area contributed by atoms with Crippen LogP contribution in [0.25, 0.3) is 0 Å². The van der Waals surface area contributed by atoms with Crippen LogP contribution in [0.2, 0.25) is 6.04 Å². The topological polar surface area (TPSA) is 219 Å². The van der Waals surface area contributed by atoms with E-state index in [1.807, 2.05) is 4.90 Å². The van der Waals surface area contributed by atoms with E-state index in [4.69, 9.17) is 33.2 Å². The molecule has 4 atom stereocenters. The zero-order valence-electron chi connectivity index (χ0n) is 24.8. The lowest BCUT2D eigenvalue weighted by atomic mass is 10.0. The van der Waals surface area contributed by atoms with Gasteiger partial charge >= 0.3 is 8.80 Å². The van der Waals surface area contributed by atoms with Crippen LogP contribution < -0.4 is 5.32 Å². The van der Waals surface area contributed by atoms with Gasteiger partial charge in [-0.25, -0.2) is 0 Å². The molecule has 0 fully saturated rings. The van der Waals surface area contributed by atoms with Crippen LogP contribution in [0, 0.1) is 5.92 Å². The maximum absolute atomic E-state index is 10.7. The normalized spacial score (nSPS) is 15.8. The summed E-state index contributed by atoms with van der Waals surface area (Å²) in [6.45, 7) is 6.80. The molecule has 16 heteroatoms. The van der Waals surface area contributed by atoms with Gasteiger partial charge in [0.2, 0.25) is 0 Å². The summed E-state index contributed by atoms with van der Waals surface area (Å²) in [6.07, 6.45) is 2.27. The second-order valence-corrected chi connectivity index (χ2v) is 14.2. The van der Waals surface area contributed by atoms with Gasteiger partial charge < -0.3 is 49.2 Å². The molecule has 0 radical (unpaired) electrons. The van der Waals surface area contributed by atoms with E-state index in [0.717, 1.165) is 25.7 Å². The Balaban J connectivity index is 4.56. The Morgan fingerprint density at radius 2 is 1.41 bits per heavy atom. The molecule has 0 bridgehead atoms. The van der Waals surface area contributed by atoms with Gasteiger partial charge in [0.05, 0.1) is 43.9 Å². The lowest BCUT2D eigenvalue weighted by Crippen LogP contribution is -2.44. The molecule has 0 aliphatic heterocycles. The van der Waals surface area contributed by atoms with E-state index >= 15 is 0 Å². The van der Waals surface area contributed by atoms with Gasteiger partial charge in [-0.2, -0.15) is 8.42 Å². The smallest absolute Gasteiger partial charge is 0.390 e. The first-order valence-electron chi connectivity index (χ1n) is 14.6. The van der Waals surface area contributed by atoms with Crippen LogP contribution in [-0.2, 0) is 24.3 Å². The number of aliphatic hydroxyl groups is 3. The molecule has 8 N–H and O–H groups in total. The summed E-state index contributed by atoms with van der Waals surface area (Å²) in [5.41, 5.74) is 0. The molecule has 0 aliphatic carbocycles. The average Bonchev–Trinajstić information content (AvgIpc) is 2.86. The van der Waals surface area contributed by atoms with Crippen molar-refractivity contribution in [2.75, 3.05) is 78.1 Å². The molecule has 4 unspecified atom stereocenters. The molecule has 0 amide bonds. The van der Waals surface area contributed by atoms with E-state index in [1.165, 1.54) is 0 Å². The Kier molecular flexibility index (Phi) is 23.9. The molecule has 14 nitrogen and oxygen atoms in total. The summed E-state index contributed by atoms with van der Waals surface area (Å²) in [5.74, 6) is 0.0500. The van der Waals surface area contributed by atoms with Crippen LogP contribution in [0.4, 0.5) is 0 Å². The van der Waals surface area contributed by atoms with Crippen molar-refractivity contribution in [1.82, 2.24) is 10.2 Å². The van der Waals surface area contributed by atoms with E-state index in [2.05, 4.69) is 19.2 Å². The summed E-state index contributed by atoms with van der Waals surface area (Å²) < 4.78 is 46.5. The quantitative estimate of drug-likeness (QED) is 0.0275. The van der Waals surface area contributed by atoms with Crippen LogP contribution in [0.5, 0.6) is 0 Å². The summed E-state index contributed by atoms with van der Waals surface area (Å²) in [6, 6.07) is -0.147. The monoisotopic (exact) mass is 636 g/mol. The van der Waals surface area contributed by atoms with Gasteiger partial charge in [0.15, 0.2) is 0 Å². The third-order valence-electron chi connectivity index (χ3n) is 6.24. The molecule has 0 rings (SSSR count). The predicted molar refractivity (Wildman–Crippen MR) is 156 cm³/mol. The minimum absolute atomic E-state index is 0.00222. The van der Waals surface area contributed by atoms with Crippen LogP contribution in [0.3, 0.4) is 0 Å². The largest absolute Gasteiger partial charge is 0.492 e. The van der Waals surface area contributed by atoms with E-state index in [9.17, 15) is 23.7 Å². The van der Waals surface area contributed by atoms with Crippen molar-refractivity contribution in [2.45, 2.75) is 76.7 Å². The standard InChI is InChI=1S/C25H56N2O12SSi/c1-3-5-8-22(4-2)18-39-21-25(30)17-27(16-24(29)20-38-12-7-14-41(34,35)36)10-9-26-15-23(28)19-37-11-6-13-40(31,32)33/h22-26,28-30,34-36H,3-21H2,1-2H3,(H,31,32,33). The van der Waals surface area contributed by atoms with Crippen LogP contribution in [0.1, 0.15) is 52.4 Å². The predicted octanol–water partition coefficient (Wildman–Crippen LogP) is -1.19. The lowest BCUT2D eigenvalue weighted by Gasteiger charge is -2.28. The van der Waals surface area contributed by atoms with Gasteiger partial charge in [-0.1, -0.05) is 33.1 Å². The molecule has 0 heterocycles. The van der Waals surface area contributed by atoms with E-state index in [-0.39, 0.29) is 71.6 Å². The number of hydrogen-bond acceptors (Lipinski definition) is 13. The van der Waals surface area contributed by atoms with E-state index < -0.39 is 43.0 Å². The van der Waals surface area contributed by atoms with Gasteiger partial charge in [-0.05, 0) is 25.2 Å². The molecule has 0 aromatic carbocycles. The number of rotatable bonds is 29. The molecular weight excluding hydrogens is 580 g/mol. The minimum atomic E-state index is -4.11. The first kappa shape index (κ1) is 40.7. The number of unbranched alkanes of at least 4 members (excludes halogenated alkanes) is 1. The number of nitrogens with one attached hydrogen (secondary N) is 1. The molecule has 0 spiro atoms. The Morgan fingerprint density at radius 1 is 0.829 bits per heavy atom. The first-order valence-corrected chi connectivity index (χ1v) is 18.2. The highest BCUT2D eigenvalue weighted by atomic mass is 32.2. The van der Waals surface area contributed by atoms with Crippen molar-refractivity contribution in [2.24, 2.45) is 5.92 Å². The lowest BCUT2D eigenvalue weighted by molar-refractivity contribution is -0.0161. The zero-order valence-corrected chi connectivity index (χ0v) is 26.6. The van der Waals surface area contributed by atoms with Crippen molar-refractivity contribution >= 4 is 18.9 Å². The number of nitrogens with zero attached hydrogens (tertiary/aromatic N) is 1. The number of aliphatic hydroxyl groups excluding tert-OH is 3. The van der Waals surface area contributed by atoms with Crippen LogP contribution in [0.15, 0.2) is 0 Å². The molecule has 0 aliphatic rings. The Morgan fingerprint density at radius 3 is 1.98 bits per heavy atom. The molecule has 0 saturated carbocycles.